The number of rotatable bonds is 11. The number of non-ortho nitro benzene ring substituents is 1. The first-order valence-corrected chi connectivity index (χ1v) is 10.5. The molecule has 0 radical (unpaired) electrons. The van der Waals surface area contributed by atoms with Gasteiger partial charge in [0, 0.05) is 12.1 Å². The predicted molar refractivity (Wildman–Crippen MR) is 122 cm³/mol. The van der Waals surface area contributed by atoms with Crippen LogP contribution in [0.2, 0.25) is 0 Å². The number of nitro groups is 1. The smallest absolute Gasteiger partial charge is 0.338 e. The summed E-state index contributed by atoms with van der Waals surface area (Å²) in [6.07, 6.45) is -1.41. The highest BCUT2D eigenvalue weighted by molar-refractivity contribution is 6.53. The fourth-order valence-electron chi connectivity index (χ4n) is 2.93. The van der Waals surface area contributed by atoms with E-state index < -0.39 is 40.4 Å². The van der Waals surface area contributed by atoms with Crippen LogP contribution in [0.4, 0.5) is 5.69 Å². The summed E-state index contributed by atoms with van der Waals surface area (Å²) < 4.78 is 20.9. The summed E-state index contributed by atoms with van der Waals surface area (Å²) in [6, 6.07) is 6.55. The topological polar surface area (TPSA) is 146 Å². The van der Waals surface area contributed by atoms with Crippen LogP contribution in [0.25, 0.3) is 0 Å². The second-order valence-corrected chi connectivity index (χ2v) is 7.82. The molecule has 0 heterocycles. The van der Waals surface area contributed by atoms with Gasteiger partial charge in [-0.05, 0) is 29.8 Å². The van der Waals surface area contributed by atoms with Gasteiger partial charge in [-0.2, -0.15) is 0 Å². The first-order valence-electron chi connectivity index (χ1n) is 9.61. The van der Waals surface area contributed by atoms with E-state index in [9.17, 15) is 24.8 Å². The molecule has 2 aromatic carbocycles. The first kappa shape index (κ1) is 27.0. The number of methoxy groups -OCH3 is 3. The van der Waals surface area contributed by atoms with Crippen molar-refractivity contribution in [3.05, 3.63) is 57.6 Å². The Kier molecular flexibility index (Phi) is 9.72. The molecule has 0 bridgehead atoms. The zero-order valence-electron chi connectivity index (χ0n) is 18.3. The molecule has 2 rings (SSSR count). The van der Waals surface area contributed by atoms with Crippen LogP contribution in [0.1, 0.15) is 22.0 Å². The molecule has 13 heteroatoms. The standard InChI is InChI=1S/C21H22Cl2N2O9/c1-31-15-8-12(9-16(32-2)18(15)33-3)21(28)34-10-14(24-20(27)19(22)23)17(26)11-4-6-13(7-5-11)25(29)30/h4-9,14,17,19,26H,10H2,1-3H3,(H,24,27)/t14-,17-/m1/s1. The van der Waals surface area contributed by atoms with Crippen molar-refractivity contribution in [1.29, 1.82) is 0 Å². The van der Waals surface area contributed by atoms with Crippen LogP contribution in [-0.2, 0) is 9.53 Å². The van der Waals surface area contributed by atoms with Crippen molar-refractivity contribution in [2.75, 3.05) is 27.9 Å². The lowest BCUT2D eigenvalue weighted by molar-refractivity contribution is -0.384. The third-order valence-corrected chi connectivity index (χ3v) is 5.04. The van der Waals surface area contributed by atoms with E-state index in [-0.39, 0.29) is 34.1 Å². The van der Waals surface area contributed by atoms with Crippen LogP contribution in [0.3, 0.4) is 0 Å². The molecular weight excluding hydrogens is 495 g/mol. The minimum absolute atomic E-state index is 0.0527. The molecule has 1 amide bonds. The highest BCUT2D eigenvalue weighted by atomic mass is 35.5. The summed E-state index contributed by atoms with van der Waals surface area (Å²) in [6.45, 7) is -0.486. The summed E-state index contributed by atoms with van der Waals surface area (Å²) in [7, 11) is 4.17. The molecular formula is C21H22Cl2N2O9. The summed E-state index contributed by atoms with van der Waals surface area (Å²) >= 11 is 11.2. The van der Waals surface area contributed by atoms with Gasteiger partial charge in [0.05, 0.1) is 37.9 Å². The molecule has 0 unspecified atom stereocenters. The van der Waals surface area contributed by atoms with Gasteiger partial charge < -0.3 is 29.4 Å². The molecule has 0 aromatic heterocycles. The summed E-state index contributed by atoms with van der Waals surface area (Å²) in [4.78, 5) is 33.5. The number of nitro benzene ring substituents is 1. The van der Waals surface area contributed by atoms with Gasteiger partial charge in [0.1, 0.15) is 12.7 Å². The highest BCUT2D eigenvalue weighted by Crippen LogP contribution is 2.38. The fourth-order valence-corrected chi connectivity index (χ4v) is 3.06. The van der Waals surface area contributed by atoms with Crippen molar-refractivity contribution in [3.63, 3.8) is 0 Å². The summed E-state index contributed by atoms with van der Waals surface area (Å²) in [5, 5.41) is 24.0. The normalized spacial score (nSPS) is 12.4. The van der Waals surface area contributed by atoms with E-state index in [0.717, 1.165) is 0 Å². The minimum Gasteiger partial charge on any atom is -0.493 e. The maximum atomic E-state index is 12.7. The first-order chi connectivity index (χ1) is 16.1. The molecule has 2 aromatic rings. The molecule has 0 aliphatic carbocycles. The average Bonchev–Trinajstić information content (AvgIpc) is 2.84. The minimum atomic E-state index is -1.45. The number of ether oxygens (including phenoxy) is 4. The Hall–Kier alpha value is -3.28. The number of alkyl halides is 2. The number of esters is 1. The van der Waals surface area contributed by atoms with Crippen molar-refractivity contribution in [1.82, 2.24) is 5.32 Å². The van der Waals surface area contributed by atoms with Gasteiger partial charge in [0.2, 0.25) is 5.75 Å². The second-order valence-electron chi connectivity index (χ2n) is 6.72. The molecule has 0 aliphatic heterocycles. The lowest BCUT2D eigenvalue weighted by atomic mass is 10.0. The lowest BCUT2D eigenvalue weighted by Crippen LogP contribution is -2.45. The van der Waals surface area contributed by atoms with Crippen LogP contribution >= 0.6 is 23.2 Å². The van der Waals surface area contributed by atoms with E-state index in [0.29, 0.717) is 0 Å². The van der Waals surface area contributed by atoms with Crippen LogP contribution in [0.5, 0.6) is 17.2 Å². The maximum absolute atomic E-state index is 12.7. The number of carbonyl (C=O) groups is 2. The van der Waals surface area contributed by atoms with E-state index in [2.05, 4.69) is 5.32 Å². The number of halogens is 2. The quantitative estimate of drug-likeness (QED) is 0.199. The number of benzene rings is 2. The summed E-state index contributed by atoms with van der Waals surface area (Å²) in [5.74, 6) is -0.940. The van der Waals surface area contributed by atoms with Gasteiger partial charge in [-0.25, -0.2) is 4.79 Å². The van der Waals surface area contributed by atoms with Crippen LogP contribution in [0.15, 0.2) is 36.4 Å². The van der Waals surface area contributed by atoms with Crippen molar-refractivity contribution in [3.8, 4) is 17.2 Å². The van der Waals surface area contributed by atoms with Gasteiger partial charge in [-0.3, -0.25) is 14.9 Å². The monoisotopic (exact) mass is 516 g/mol. The number of aliphatic hydroxyl groups is 1. The average molecular weight is 517 g/mol. The Bertz CT molecular complexity index is 1010. The molecule has 184 valence electrons. The Balaban J connectivity index is 2.25. The van der Waals surface area contributed by atoms with E-state index in [1.807, 2.05) is 0 Å². The molecule has 34 heavy (non-hydrogen) atoms. The molecule has 2 atom stereocenters. The SMILES string of the molecule is COc1cc(C(=O)OC[C@@H](NC(=O)C(Cl)Cl)[C@H](O)c2ccc([N+](=O)[O-])cc2)cc(OC)c1OC. The zero-order valence-corrected chi connectivity index (χ0v) is 19.8. The number of nitrogens with one attached hydrogen (secondary N) is 1. The molecule has 0 aliphatic rings. The Labute approximate surface area is 204 Å². The van der Waals surface area contributed by atoms with E-state index in [1.54, 1.807) is 0 Å². The number of amides is 1. The van der Waals surface area contributed by atoms with Crippen molar-refractivity contribution in [2.45, 2.75) is 17.0 Å². The Morgan fingerprint density at radius 1 is 1.06 bits per heavy atom. The number of nitrogens with zero attached hydrogens (tertiary/aromatic N) is 1. The zero-order chi connectivity index (χ0) is 25.4. The van der Waals surface area contributed by atoms with E-state index in [4.69, 9.17) is 42.1 Å². The lowest BCUT2D eigenvalue weighted by Gasteiger charge is -2.24. The Morgan fingerprint density at radius 2 is 1.62 bits per heavy atom. The molecule has 0 spiro atoms. The molecule has 0 saturated carbocycles. The fraction of sp³-hybridized carbons (Fsp3) is 0.333. The van der Waals surface area contributed by atoms with Gasteiger partial charge in [-0.15, -0.1) is 0 Å². The maximum Gasteiger partial charge on any atom is 0.338 e. The number of aliphatic hydroxyl groups excluding tert-OH is 1. The highest BCUT2D eigenvalue weighted by Gasteiger charge is 2.28. The number of hydrogen-bond acceptors (Lipinski definition) is 9. The predicted octanol–water partition coefficient (Wildman–Crippen LogP) is 2.80. The van der Waals surface area contributed by atoms with Crippen molar-refractivity contribution >= 4 is 40.8 Å². The largest absolute Gasteiger partial charge is 0.493 e. The molecule has 2 N–H and O–H groups in total. The molecule has 0 saturated heterocycles. The van der Waals surface area contributed by atoms with Crippen molar-refractivity contribution < 1.29 is 38.6 Å². The second kappa shape index (κ2) is 12.3. The third kappa shape index (κ3) is 6.62. The number of carbonyl (C=O) groups excluding carboxylic acids is 2. The van der Waals surface area contributed by atoms with Crippen molar-refractivity contribution in [2.24, 2.45) is 0 Å². The van der Waals surface area contributed by atoms with Crippen LogP contribution in [0, 0.1) is 10.1 Å². The molecule has 0 fully saturated rings. The molecule has 11 nitrogen and oxygen atoms in total. The van der Waals surface area contributed by atoms with Gasteiger partial charge >= 0.3 is 5.97 Å². The van der Waals surface area contributed by atoms with Gasteiger partial charge in [-0.1, -0.05) is 23.2 Å². The Morgan fingerprint density at radius 3 is 2.06 bits per heavy atom. The van der Waals surface area contributed by atoms with Gasteiger partial charge in [0.25, 0.3) is 11.6 Å². The van der Waals surface area contributed by atoms with E-state index in [1.165, 1.54) is 57.7 Å². The van der Waals surface area contributed by atoms with Gasteiger partial charge in [0.15, 0.2) is 16.3 Å². The van der Waals surface area contributed by atoms with Crippen LogP contribution in [-0.4, -0.2) is 60.7 Å². The van der Waals surface area contributed by atoms with E-state index >= 15 is 0 Å². The van der Waals surface area contributed by atoms with Crippen LogP contribution < -0.4 is 19.5 Å². The third-order valence-electron chi connectivity index (χ3n) is 4.65. The summed E-state index contributed by atoms with van der Waals surface area (Å²) in [5.41, 5.74) is 0.0874. The number of hydrogen-bond donors (Lipinski definition) is 2.